The van der Waals surface area contributed by atoms with Gasteiger partial charge in [0.25, 0.3) is 0 Å². The van der Waals surface area contributed by atoms with Crippen LogP contribution in [0.15, 0.2) is 42.5 Å². The Balaban J connectivity index is 1.53. The molecule has 0 bridgehead atoms. The summed E-state index contributed by atoms with van der Waals surface area (Å²) in [6.45, 7) is 5.03. The molecule has 27 heavy (non-hydrogen) atoms. The summed E-state index contributed by atoms with van der Waals surface area (Å²) in [5.74, 6) is -0.412. The number of nitrogens with zero attached hydrogens (tertiary/aromatic N) is 3. The van der Waals surface area contributed by atoms with E-state index in [9.17, 15) is 9.18 Å². The Hall–Kier alpha value is -2.91. The largest absolute Gasteiger partial charge is 0.367 e. The van der Waals surface area contributed by atoms with E-state index in [-0.39, 0.29) is 11.7 Å². The third-order valence-electron chi connectivity index (χ3n) is 4.83. The van der Waals surface area contributed by atoms with Crippen molar-refractivity contribution in [3.8, 4) is 6.07 Å². The second kappa shape index (κ2) is 8.65. The lowest BCUT2D eigenvalue weighted by atomic mass is 10.1. The molecule has 140 valence electrons. The molecule has 0 aliphatic carbocycles. The minimum Gasteiger partial charge on any atom is -0.367 e. The second-order valence-electron chi connectivity index (χ2n) is 6.60. The quantitative estimate of drug-likeness (QED) is 0.884. The number of nitriles is 1. The standard InChI is InChI=1S/C21H23FN4O/c1-2-17-5-3-4-6-19(17)24-21(27)15-25-9-11-26(12-10-25)20-8-7-16(14-23)13-18(20)22/h3-8,13H,2,9-12,15H2,1H3,(H,24,27). The van der Waals surface area contributed by atoms with Crippen LogP contribution in [0.5, 0.6) is 0 Å². The number of para-hydroxylation sites is 1. The molecule has 0 aromatic heterocycles. The topological polar surface area (TPSA) is 59.4 Å². The Morgan fingerprint density at radius 1 is 1.19 bits per heavy atom. The monoisotopic (exact) mass is 366 g/mol. The number of anilines is 2. The molecular formula is C21H23FN4O. The van der Waals surface area contributed by atoms with Gasteiger partial charge in [-0.2, -0.15) is 5.26 Å². The van der Waals surface area contributed by atoms with Crippen molar-refractivity contribution in [1.29, 1.82) is 5.26 Å². The van der Waals surface area contributed by atoms with E-state index in [1.807, 2.05) is 35.2 Å². The molecule has 0 saturated carbocycles. The number of hydrogen-bond donors (Lipinski definition) is 1. The number of aryl methyl sites for hydroxylation is 1. The highest BCUT2D eigenvalue weighted by Crippen LogP contribution is 2.22. The molecule has 2 aromatic rings. The van der Waals surface area contributed by atoms with Crippen molar-refractivity contribution in [2.75, 3.05) is 42.9 Å². The van der Waals surface area contributed by atoms with Gasteiger partial charge in [0.05, 0.1) is 23.9 Å². The van der Waals surface area contributed by atoms with Crippen LogP contribution in [0.25, 0.3) is 0 Å². The lowest BCUT2D eigenvalue weighted by Crippen LogP contribution is -2.49. The zero-order valence-electron chi connectivity index (χ0n) is 15.4. The van der Waals surface area contributed by atoms with Crippen molar-refractivity contribution in [1.82, 2.24) is 4.90 Å². The highest BCUT2D eigenvalue weighted by Gasteiger charge is 2.21. The highest BCUT2D eigenvalue weighted by atomic mass is 19.1. The van der Waals surface area contributed by atoms with Gasteiger partial charge in [0.15, 0.2) is 0 Å². The van der Waals surface area contributed by atoms with Gasteiger partial charge >= 0.3 is 0 Å². The highest BCUT2D eigenvalue weighted by molar-refractivity contribution is 5.93. The first-order valence-corrected chi connectivity index (χ1v) is 9.15. The van der Waals surface area contributed by atoms with Gasteiger partial charge in [-0.3, -0.25) is 9.69 Å². The molecule has 0 atom stereocenters. The molecule has 1 saturated heterocycles. The van der Waals surface area contributed by atoms with Crippen LogP contribution in [0.1, 0.15) is 18.1 Å². The Morgan fingerprint density at radius 2 is 1.93 bits per heavy atom. The fourth-order valence-electron chi connectivity index (χ4n) is 3.32. The molecular weight excluding hydrogens is 343 g/mol. The molecule has 1 amide bonds. The number of piperazine rings is 1. The number of benzene rings is 2. The summed E-state index contributed by atoms with van der Waals surface area (Å²) in [5.41, 5.74) is 2.81. The molecule has 1 N–H and O–H groups in total. The summed E-state index contributed by atoms with van der Waals surface area (Å²) in [7, 11) is 0. The van der Waals surface area contributed by atoms with Crippen molar-refractivity contribution < 1.29 is 9.18 Å². The summed E-state index contributed by atoms with van der Waals surface area (Å²) < 4.78 is 14.2. The van der Waals surface area contributed by atoms with E-state index in [1.165, 1.54) is 6.07 Å². The summed E-state index contributed by atoms with van der Waals surface area (Å²) in [4.78, 5) is 16.4. The van der Waals surface area contributed by atoms with E-state index < -0.39 is 0 Å². The third-order valence-corrected chi connectivity index (χ3v) is 4.83. The van der Waals surface area contributed by atoms with E-state index in [0.717, 1.165) is 17.7 Å². The van der Waals surface area contributed by atoms with Gasteiger partial charge in [-0.15, -0.1) is 0 Å². The van der Waals surface area contributed by atoms with Crippen LogP contribution in [-0.4, -0.2) is 43.5 Å². The SMILES string of the molecule is CCc1ccccc1NC(=O)CN1CCN(c2ccc(C#N)cc2F)CC1. The Labute approximate surface area is 159 Å². The average molecular weight is 366 g/mol. The first kappa shape index (κ1) is 18.9. The maximum Gasteiger partial charge on any atom is 0.238 e. The van der Waals surface area contributed by atoms with Gasteiger partial charge in [0.2, 0.25) is 5.91 Å². The van der Waals surface area contributed by atoms with Crippen LogP contribution >= 0.6 is 0 Å². The zero-order chi connectivity index (χ0) is 19.2. The molecule has 1 aliphatic heterocycles. The maximum absolute atomic E-state index is 14.2. The summed E-state index contributed by atoms with van der Waals surface area (Å²) in [6, 6.07) is 14.3. The number of carbonyl (C=O) groups is 1. The maximum atomic E-state index is 14.2. The average Bonchev–Trinajstić information content (AvgIpc) is 2.69. The van der Waals surface area contributed by atoms with Crippen molar-refractivity contribution in [2.24, 2.45) is 0 Å². The van der Waals surface area contributed by atoms with Crippen LogP contribution in [0, 0.1) is 17.1 Å². The van der Waals surface area contributed by atoms with Crippen LogP contribution in [-0.2, 0) is 11.2 Å². The molecule has 2 aromatic carbocycles. The van der Waals surface area contributed by atoms with Gasteiger partial charge in [-0.1, -0.05) is 25.1 Å². The predicted molar refractivity (Wildman–Crippen MR) is 104 cm³/mol. The lowest BCUT2D eigenvalue weighted by Gasteiger charge is -2.35. The smallest absolute Gasteiger partial charge is 0.238 e. The normalized spacial score (nSPS) is 14.6. The number of rotatable bonds is 5. The molecule has 1 aliphatic rings. The van der Waals surface area contributed by atoms with Crippen molar-refractivity contribution >= 4 is 17.3 Å². The van der Waals surface area contributed by atoms with Gasteiger partial charge < -0.3 is 10.2 Å². The van der Waals surface area contributed by atoms with E-state index in [2.05, 4.69) is 17.1 Å². The van der Waals surface area contributed by atoms with Crippen LogP contribution < -0.4 is 10.2 Å². The number of halogens is 1. The predicted octanol–water partition coefficient (Wildman–Crippen LogP) is 3.02. The lowest BCUT2D eigenvalue weighted by molar-refractivity contribution is -0.117. The first-order valence-electron chi connectivity index (χ1n) is 9.15. The Morgan fingerprint density at radius 3 is 2.59 bits per heavy atom. The molecule has 0 radical (unpaired) electrons. The molecule has 1 heterocycles. The van der Waals surface area contributed by atoms with Crippen LogP contribution in [0.4, 0.5) is 15.8 Å². The van der Waals surface area contributed by atoms with E-state index in [1.54, 1.807) is 12.1 Å². The van der Waals surface area contributed by atoms with Gasteiger partial charge in [-0.05, 0) is 36.2 Å². The van der Waals surface area contributed by atoms with E-state index >= 15 is 0 Å². The van der Waals surface area contributed by atoms with Gasteiger partial charge in [-0.25, -0.2) is 4.39 Å². The third kappa shape index (κ3) is 4.63. The first-order chi connectivity index (χ1) is 13.1. The number of amides is 1. The summed E-state index contributed by atoms with van der Waals surface area (Å²) >= 11 is 0. The summed E-state index contributed by atoms with van der Waals surface area (Å²) in [5, 5.41) is 11.8. The number of carbonyl (C=O) groups excluding carboxylic acids is 1. The van der Waals surface area contributed by atoms with Crippen LogP contribution in [0.3, 0.4) is 0 Å². The van der Waals surface area contributed by atoms with Gasteiger partial charge in [0.1, 0.15) is 5.82 Å². The number of hydrogen-bond acceptors (Lipinski definition) is 4. The van der Waals surface area contributed by atoms with Crippen molar-refractivity contribution in [2.45, 2.75) is 13.3 Å². The minimum absolute atomic E-state index is 0.0334. The summed E-state index contributed by atoms with van der Waals surface area (Å²) in [6.07, 6.45) is 0.866. The van der Waals surface area contributed by atoms with Crippen LogP contribution in [0.2, 0.25) is 0 Å². The second-order valence-corrected chi connectivity index (χ2v) is 6.60. The van der Waals surface area contributed by atoms with E-state index in [4.69, 9.17) is 5.26 Å². The minimum atomic E-state index is -0.378. The van der Waals surface area contributed by atoms with Crippen molar-refractivity contribution in [3.05, 3.63) is 59.4 Å². The molecule has 0 unspecified atom stereocenters. The van der Waals surface area contributed by atoms with E-state index in [0.29, 0.717) is 44.0 Å². The fraction of sp³-hybridized carbons (Fsp3) is 0.333. The Kier molecular flexibility index (Phi) is 6.05. The number of nitrogens with one attached hydrogen (secondary N) is 1. The van der Waals surface area contributed by atoms with Crippen molar-refractivity contribution in [3.63, 3.8) is 0 Å². The molecule has 0 spiro atoms. The Bertz CT molecular complexity index is 854. The molecule has 6 heteroatoms. The van der Waals surface area contributed by atoms with Gasteiger partial charge in [0, 0.05) is 31.9 Å². The molecule has 1 fully saturated rings. The molecule has 3 rings (SSSR count). The fourth-order valence-corrected chi connectivity index (χ4v) is 3.32. The zero-order valence-corrected chi connectivity index (χ0v) is 15.4. The molecule has 5 nitrogen and oxygen atoms in total.